The number of likely N-dealkylation sites (tertiary alicyclic amines) is 1. The van der Waals surface area contributed by atoms with Crippen LogP contribution in [0.5, 0.6) is 5.75 Å². The maximum Gasteiger partial charge on any atom is 0.227 e. The van der Waals surface area contributed by atoms with Gasteiger partial charge in [-0.15, -0.1) is 12.4 Å². The van der Waals surface area contributed by atoms with E-state index in [-0.39, 0.29) is 36.1 Å². The van der Waals surface area contributed by atoms with E-state index in [2.05, 4.69) is 10.6 Å². The first kappa shape index (κ1) is 20.5. The van der Waals surface area contributed by atoms with Gasteiger partial charge in [-0.2, -0.15) is 0 Å². The number of carbonyl (C=O) groups is 2. The maximum absolute atomic E-state index is 12.6. The van der Waals surface area contributed by atoms with Crippen molar-refractivity contribution >= 4 is 29.9 Å². The van der Waals surface area contributed by atoms with Crippen molar-refractivity contribution in [2.75, 3.05) is 38.6 Å². The number of piperidine rings is 2. The van der Waals surface area contributed by atoms with Gasteiger partial charge < -0.3 is 20.3 Å². The van der Waals surface area contributed by atoms with Crippen LogP contribution in [0.4, 0.5) is 5.69 Å². The highest BCUT2D eigenvalue weighted by atomic mass is 35.5. The van der Waals surface area contributed by atoms with E-state index >= 15 is 0 Å². The fraction of sp³-hybridized carbons (Fsp3) is 0.579. The summed E-state index contributed by atoms with van der Waals surface area (Å²) in [6, 6.07) is 7.41. The quantitative estimate of drug-likeness (QED) is 0.839. The van der Waals surface area contributed by atoms with Crippen molar-refractivity contribution in [1.82, 2.24) is 10.2 Å². The number of hydrogen-bond donors (Lipinski definition) is 2. The van der Waals surface area contributed by atoms with E-state index in [0.29, 0.717) is 37.4 Å². The van der Waals surface area contributed by atoms with E-state index in [1.165, 1.54) is 0 Å². The number of anilines is 1. The lowest BCUT2D eigenvalue weighted by Crippen LogP contribution is -2.47. The zero-order valence-electron chi connectivity index (χ0n) is 15.2. The first-order chi connectivity index (χ1) is 12.2. The minimum atomic E-state index is -0.0570. The van der Waals surface area contributed by atoms with Crippen molar-refractivity contribution in [3.63, 3.8) is 0 Å². The monoisotopic (exact) mass is 381 g/mol. The predicted octanol–water partition coefficient (Wildman–Crippen LogP) is 2.29. The van der Waals surface area contributed by atoms with E-state index in [1.54, 1.807) is 7.11 Å². The molecule has 2 aliphatic heterocycles. The topological polar surface area (TPSA) is 70.7 Å². The number of hydrogen-bond acceptors (Lipinski definition) is 4. The molecule has 1 aromatic rings. The Morgan fingerprint density at radius 1 is 1.15 bits per heavy atom. The van der Waals surface area contributed by atoms with Gasteiger partial charge in [0, 0.05) is 25.6 Å². The molecule has 2 heterocycles. The lowest BCUT2D eigenvalue weighted by molar-refractivity contribution is -0.138. The second kappa shape index (κ2) is 9.78. The molecule has 0 aliphatic carbocycles. The molecule has 1 atom stereocenters. The summed E-state index contributed by atoms with van der Waals surface area (Å²) in [6.45, 7) is 3.13. The average molecular weight is 382 g/mol. The molecule has 26 heavy (non-hydrogen) atoms. The number of para-hydroxylation sites is 2. The molecule has 0 aromatic heterocycles. The zero-order chi connectivity index (χ0) is 17.6. The summed E-state index contributed by atoms with van der Waals surface area (Å²) >= 11 is 0. The number of methoxy groups -OCH3 is 1. The molecule has 2 N–H and O–H groups in total. The Morgan fingerprint density at radius 3 is 2.54 bits per heavy atom. The lowest BCUT2D eigenvalue weighted by Gasteiger charge is -2.34. The summed E-state index contributed by atoms with van der Waals surface area (Å²) in [5.74, 6) is 0.964. The highest BCUT2D eigenvalue weighted by molar-refractivity contribution is 5.94. The van der Waals surface area contributed by atoms with Gasteiger partial charge >= 0.3 is 0 Å². The number of nitrogens with zero attached hydrogens (tertiary/aromatic N) is 1. The number of ether oxygens (including phenoxy) is 1. The molecule has 2 saturated heterocycles. The van der Waals surface area contributed by atoms with Crippen molar-refractivity contribution in [3.8, 4) is 5.75 Å². The van der Waals surface area contributed by atoms with Crippen LogP contribution < -0.4 is 15.4 Å². The van der Waals surface area contributed by atoms with Crippen LogP contribution in [0.3, 0.4) is 0 Å². The molecule has 0 spiro atoms. The Balaban J connectivity index is 0.00000243. The Morgan fingerprint density at radius 2 is 1.88 bits per heavy atom. The molecule has 0 saturated carbocycles. The summed E-state index contributed by atoms with van der Waals surface area (Å²) in [7, 11) is 1.59. The maximum atomic E-state index is 12.6. The normalized spacial score (nSPS) is 20.8. The summed E-state index contributed by atoms with van der Waals surface area (Å²) in [5.41, 5.74) is 0.696. The Kier molecular flexibility index (Phi) is 7.72. The van der Waals surface area contributed by atoms with Crippen molar-refractivity contribution in [2.24, 2.45) is 11.8 Å². The van der Waals surface area contributed by atoms with E-state index in [1.807, 2.05) is 29.2 Å². The second-order valence-electron chi connectivity index (χ2n) is 6.83. The summed E-state index contributed by atoms with van der Waals surface area (Å²) in [5, 5.41) is 6.26. The lowest BCUT2D eigenvalue weighted by atomic mass is 9.93. The van der Waals surface area contributed by atoms with Crippen molar-refractivity contribution in [1.29, 1.82) is 0 Å². The first-order valence-electron chi connectivity index (χ1n) is 9.12. The van der Waals surface area contributed by atoms with E-state index in [9.17, 15) is 9.59 Å². The summed E-state index contributed by atoms with van der Waals surface area (Å²) in [4.78, 5) is 27.0. The zero-order valence-corrected chi connectivity index (χ0v) is 16.0. The van der Waals surface area contributed by atoms with Gasteiger partial charge in [-0.1, -0.05) is 12.1 Å². The van der Waals surface area contributed by atoms with Gasteiger partial charge in [0.05, 0.1) is 18.7 Å². The third-order valence-electron chi connectivity index (χ3n) is 5.19. The Labute approximate surface area is 161 Å². The molecule has 3 rings (SSSR count). The van der Waals surface area contributed by atoms with Gasteiger partial charge in [-0.05, 0) is 44.4 Å². The predicted molar refractivity (Wildman–Crippen MR) is 104 cm³/mol. The van der Waals surface area contributed by atoms with Crippen LogP contribution in [-0.4, -0.2) is 50.0 Å². The average Bonchev–Trinajstić information content (AvgIpc) is 2.68. The van der Waals surface area contributed by atoms with Crippen LogP contribution >= 0.6 is 12.4 Å². The standard InChI is InChI=1S/C19H27N3O3.ClH/c1-25-17-7-3-2-6-16(17)21-18(23)14-8-11-22(12-9-14)19(24)15-5-4-10-20-13-15;/h2-3,6-7,14-15,20H,4-5,8-13H2,1H3,(H,21,23);1H. The number of carbonyl (C=O) groups excluding carboxylic acids is 2. The molecule has 1 unspecified atom stereocenters. The molecular weight excluding hydrogens is 354 g/mol. The van der Waals surface area contributed by atoms with Gasteiger partial charge in [0.15, 0.2) is 0 Å². The molecular formula is C19H28ClN3O3. The number of halogens is 1. The van der Waals surface area contributed by atoms with Gasteiger partial charge in [-0.3, -0.25) is 9.59 Å². The SMILES string of the molecule is COc1ccccc1NC(=O)C1CCN(C(=O)C2CCCNC2)CC1.Cl. The van der Waals surface area contributed by atoms with Gasteiger partial charge in [0.2, 0.25) is 11.8 Å². The third-order valence-corrected chi connectivity index (χ3v) is 5.19. The molecule has 7 heteroatoms. The van der Waals surface area contributed by atoms with E-state index < -0.39 is 0 Å². The van der Waals surface area contributed by atoms with Crippen LogP contribution in [-0.2, 0) is 9.59 Å². The van der Waals surface area contributed by atoms with Gasteiger partial charge in [0.25, 0.3) is 0 Å². The van der Waals surface area contributed by atoms with Crippen LogP contribution in [0.1, 0.15) is 25.7 Å². The Bertz CT molecular complexity index is 612. The van der Waals surface area contributed by atoms with Crippen molar-refractivity contribution in [2.45, 2.75) is 25.7 Å². The molecule has 2 fully saturated rings. The van der Waals surface area contributed by atoms with Crippen LogP contribution in [0.15, 0.2) is 24.3 Å². The van der Waals surface area contributed by atoms with Crippen molar-refractivity contribution in [3.05, 3.63) is 24.3 Å². The highest BCUT2D eigenvalue weighted by Gasteiger charge is 2.31. The van der Waals surface area contributed by atoms with E-state index in [0.717, 1.165) is 25.9 Å². The smallest absolute Gasteiger partial charge is 0.227 e. The number of nitrogens with one attached hydrogen (secondary N) is 2. The number of benzene rings is 1. The minimum Gasteiger partial charge on any atom is -0.495 e. The van der Waals surface area contributed by atoms with Crippen LogP contribution in [0.25, 0.3) is 0 Å². The first-order valence-corrected chi connectivity index (χ1v) is 9.12. The summed E-state index contributed by atoms with van der Waals surface area (Å²) < 4.78 is 5.28. The fourth-order valence-corrected chi connectivity index (χ4v) is 3.67. The molecule has 0 bridgehead atoms. The van der Waals surface area contributed by atoms with E-state index in [4.69, 9.17) is 4.74 Å². The highest BCUT2D eigenvalue weighted by Crippen LogP contribution is 2.26. The number of rotatable bonds is 4. The Hall–Kier alpha value is -1.79. The molecule has 6 nitrogen and oxygen atoms in total. The van der Waals surface area contributed by atoms with Crippen molar-refractivity contribution < 1.29 is 14.3 Å². The summed E-state index contributed by atoms with van der Waals surface area (Å²) in [6.07, 6.45) is 3.47. The molecule has 2 aliphatic rings. The van der Waals surface area contributed by atoms with Crippen LogP contribution in [0, 0.1) is 11.8 Å². The van der Waals surface area contributed by atoms with Crippen LogP contribution in [0.2, 0.25) is 0 Å². The minimum absolute atomic E-state index is 0. The molecule has 144 valence electrons. The third kappa shape index (κ3) is 4.89. The second-order valence-corrected chi connectivity index (χ2v) is 6.83. The fourth-order valence-electron chi connectivity index (χ4n) is 3.67. The number of amides is 2. The van der Waals surface area contributed by atoms with Gasteiger partial charge in [0.1, 0.15) is 5.75 Å². The molecule has 0 radical (unpaired) electrons. The molecule has 2 amide bonds. The largest absolute Gasteiger partial charge is 0.495 e. The van der Waals surface area contributed by atoms with Gasteiger partial charge in [-0.25, -0.2) is 0 Å². The molecule has 1 aromatic carbocycles.